The van der Waals surface area contributed by atoms with Crippen LogP contribution in [0.1, 0.15) is 16.1 Å². The van der Waals surface area contributed by atoms with Gasteiger partial charge in [0.05, 0.1) is 18.2 Å². The monoisotopic (exact) mass is 408 g/mol. The van der Waals surface area contributed by atoms with Gasteiger partial charge in [-0.3, -0.25) is 4.79 Å². The second-order valence-electron chi connectivity index (χ2n) is 6.80. The van der Waals surface area contributed by atoms with Gasteiger partial charge >= 0.3 is 0 Å². The fourth-order valence-electron chi connectivity index (χ4n) is 3.19. The van der Waals surface area contributed by atoms with Gasteiger partial charge in [-0.15, -0.1) is 0 Å². The summed E-state index contributed by atoms with van der Waals surface area (Å²) in [5, 5.41) is 3.89. The number of anilines is 2. The van der Waals surface area contributed by atoms with Gasteiger partial charge in [-0.25, -0.2) is 9.97 Å². The first-order valence-electron chi connectivity index (χ1n) is 9.45. The molecular formula is C22H21ClN4O2. The van der Waals surface area contributed by atoms with Crippen LogP contribution in [0.5, 0.6) is 0 Å². The highest BCUT2D eigenvalue weighted by molar-refractivity contribution is 6.33. The minimum absolute atomic E-state index is 0.0266. The van der Waals surface area contributed by atoms with Crippen molar-refractivity contribution in [3.63, 3.8) is 0 Å². The molecule has 1 saturated heterocycles. The molecule has 0 aliphatic carbocycles. The summed E-state index contributed by atoms with van der Waals surface area (Å²) < 4.78 is 5.31. The number of amides is 1. The Bertz CT molecular complexity index is 1020. The predicted octanol–water partition coefficient (Wildman–Crippen LogP) is 4.32. The fourth-order valence-corrected chi connectivity index (χ4v) is 3.41. The van der Waals surface area contributed by atoms with Crippen molar-refractivity contribution < 1.29 is 9.53 Å². The van der Waals surface area contributed by atoms with Crippen LogP contribution in [0, 0.1) is 6.92 Å². The molecule has 3 aromatic rings. The molecule has 1 aliphatic rings. The Morgan fingerprint density at radius 3 is 2.52 bits per heavy atom. The Kier molecular flexibility index (Phi) is 5.74. The molecule has 0 atom stereocenters. The molecule has 7 heteroatoms. The molecule has 2 aromatic carbocycles. The Balaban J connectivity index is 1.52. The Morgan fingerprint density at radius 2 is 1.79 bits per heavy atom. The molecule has 4 rings (SSSR count). The summed E-state index contributed by atoms with van der Waals surface area (Å²) in [5.74, 6) is 1.26. The third kappa shape index (κ3) is 4.55. The van der Waals surface area contributed by atoms with E-state index >= 15 is 0 Å². The number of halogens is 1. The second-order valence-corrected chi connectivity index (χ2v) is 7.21. The van der Waals surface area contributed by atoms with Crippen molar-refractivity contribution in [2.45, 2.75) is 6.92 Å². The van der Waals surface area contributed by atoms with Crippen LogP contribution >= 0.6 is 11.6 Å². The summed E-state index contributed by atoms with van der Waals surface area (Å²) in [6.07, 6.45) is 0. The van der Waals surface area contributed by atoms with Crippen LogP contribution in [0.3, 0.4) is 0 Å². The van der Waals surface area contributed by atoms with Gasteiger partial charge in [-0.1, -0.05) is 23.7 Å². The van der Waals surface area contributed by atoms with Crippen LogP contribution < -0.4 is 5.32 Å². The summed E-state index contributed by atoms with van der Waals surface area (Å²) >= 11 is 6.29. The lowest BCUT2D eigenvalue weighted by atomic mass is 10.1. The van der Waals surface area contributed by atoms with E-state index in [1.54, 1.807) is 0 Å². The average Bonchev–Trinajstić information content (AvgIpc) is 2.74. The minimum atomic E-state index is 0.0266. The van der Waals surface area contributed by atoms with E-state index in [1.807, 2.05) is 66.4 Å². The molecule has 6 nitrogen and oxygen atoms in total. The summed E-state index contributed by atoms with van der Waals surface area (Å²) in [6, 6.07) is 16.8. The summed E-state index contributed by atoms with van der Waals surface area (Å²) in [4.78, 5) is 23.5. The highest BCUT2D eigenvalue weighted by atomic mass is 35.5. The van der Waals surface area contributed by atoms with E-state index in [0.717, 1.165) is 16.9 Å². The molecule has 29 heavy (non-hydrogen) atoms. The number of hydrogen-bond acceptors (Lipinski definition) is 5. The zero-order chi connectivity index (χ0) is 20.2. The number of nitrogens with zero attached hydrogens (tertiary/aromatic N) is 3. The SMILES string of the molecule is Cc1cc(Nc2ccc(C(=O)N3CCOCC3)cc2)nc(-c2ccccc2Cl)n1. The number of ether oxygens (including phenoxy) is 1. The second kappa shape index (κ2) is 8.59. The first-order chi connectivity index (χ1) is 14.1. The third-order valence-electron chi connectivity index (χ3n) is 4.67. The van der Waals surface area contributed by atoms with E-state index < -0.39 is 0 Å². The van der Waals surface area contributed by atoms with Crippen molar-refractivity contribution in [1.82, 2.24) is 14.9 Å². The molecule has 1 amide bonds. The predicted molar refractivity (Wildman–Crippen MR) is 114 cm³/mol. The molecular weight excluding hydrogens is 388 g/mol. The lowest BCUT2D eigenvalue weighted by Gasteiger charge is -2.26. The third-order valence-corrected chi connectivity index (χ3v) is 5.00. The zero-order valence-corrected chi connectivity index (χ0v) is 16.8. The maximum atomic E-state index is 12.6. The maximum absolute atomic E-state index is 12.6. The fraction of sp³-hybridized carbons (Fsp3) is 0.227. The summed E-state index contributed by atoms with van der Waals surface area (Å²) in [7, 11) is 0. The van der Waals surface area contributed by atoms with E-state index in [0.29, 0.717) is 48.5 Å². The molecule has 0 spiro atoms. The van der Waals surface area contributed by atoms with Crippen molar-refractivity contribution in [3.05, 3.63) is 70.9 Å². The molecule has 1 fully saturated rings. The molecule has 148 valence electrons. The van der Waals surface area contributed by atoms with Crippen LogP contribution in [-0.2, 0) is 4.74 Å². The van der Waals surface area contributed by atoms with Gasteiger partial charge in [0.1, 0.15) is 5.82 Å². The average molecular weight is 409 g/mol. The van der Waals surface area contributed by atoms with Crippen molar-refractivity contribution in [1.29, 1.82) is 0 Å². The largest absolute Gasteiger partial charge is 0.378 e. The summed E-state index contributed by atoms with van der Waals surface area (Å²) in [6.45, 7) is 4.35. The molecule has 0 radical (unpaired) electrons. The van der Waals surface area contributed by atoms with Gasteiger partial charge in [-0.2, -0.15) is 0 Å². The van der Waals surface area contributed by atoms with E-state index in [4.69, 9.17) is 16.3 Å². The van der Waals surface area contributed by atoms with Crippen molar-refractivity contribution in [2.75, 3.05) is 31.6 Å². The number of rotatable bonds is 4. The normalized spacial score (nSPS) is 13.9. The molecule has 0 unspecified atom stereocenters. The van der Waals surface area contributed by atoms with Crippen molar-refractivity contribution >= 4 is 29.0 Å². The van der Waals surface area contributed by atoms with Gasteiger partial charge in [0.2, 0.25) is 0 Å². The van der Waals surface area contributed by atoms with Crippen molar-refractivity contribution in [2.24, 2.45) is 0 Å². The Labute approximate surface area is 174 Å². The topological polar surface area (TPSA) is 67.4 Å². The Hall–Kier alpha value is -2.96. The Morgan fingerprint density at radius 1 is 1.07 bits per heavy atom. The highest BCUT2D eigenvalue weighted by Crippen LogP contribution is 2.26. The lowest BCUT2D eigenvalue weighted by molar-refractivity contribution is 0.0303. The van der Waals surface area contributed by atoms with E-state index in [9.17, 15) is 4.79 Å². The van der Waals surface area contributed by atoms with E-state index in [1.165, 1.54) is 0 Å². The summed E-state index contributed by atoms with van der Waals surface area (Å²) in [5.41, 5.74) is 3.11. The lowest BCUT2D eigenvalue weighted by Crippen LogP contribution is -2.40. The van der Waals surface area contributed by atoms with Crippen LogP contribution in [0.4, 0.5) is 11.5 Å². The van der Waals surface area contributed by atoms with Gasteiger partial charge in [0, 0.05) is 41.7 Å². The van der Waals surface area contributed by atoms with Crippen LogP contribution in [-0.4, -0.2) is 47.1 Å². The molecule has 0 saturated carbocycles. The van der Waals surface area contributed by atoms with Gasteiger partial charge in [-0.05, 0) is 43.3 Å². The van der Waals surface area contributed by atoms with Crippen molar-refractivity contribution in [3.8, 4) is 11.4 Å². The van der Waals surface area contributed by atoms with Gasteiger partial charge in [0.25, 0.3) is 5.91 Å². The zero-order valence-electron chi connectivity index (χ0n) is 16.1. The van der Waals surface area contributed by atoms with Gasteiger partial charge in [0.15, 0.2) is 5.82 Å². The molecule has 1 aromatic heterocycles. The number of morpholine rings is 1. The number of aryl methyl sites for hydroxylation is 1. The quantitative estimate of drug-likeness (QED) is 0.696. The first kappa shape index (κ1) is 19.4. The molecule has 1 N–H and O–H groups in total. The number of benzene rings is 2. The van der Waals surface area contributed by atoms with E-state index in [-0.39, 0.29) is 5.91 Å². The maximum Gasteiger partial charge on any atom is 0.254 e. The van der Waals surface area contributed by atoms with Crippen LogP contribution in [0.2, 0.25) is 5.02 Å². The number of nitrogens with one attached hydrogen (secondary N) is 1. The van der Waals surface area contributed by atoms with E-state index in [2.05, 4.69) is 15.3 Å². The first-order valence-corrected chi connectivity index (χ1v) is 9.82. The number of carbonyl (C=O) groups is 1. The highest BCUT2D eigenvalue weighted by Gasteiger charge is 2.18. The standard InChI is InChI=1S/C22H21ClN4O2/c1-15-14-20(26-21(24-15)18-4-2-3-5-19(18)23)25-17-8-6-16(7-9-17)22(28)27-10-12-29-13-11-27/h2-9,14H,10-13H2,1H3,(H,24,25,26). The van der Waals surface area contributed by atoms with Crippen LogP contribution in [0.25, 0.3) is 11.4 Å². The molecule has 0 bridgehead atoms. The number of hydrogen-bond donors (Lipinski definition) is 1. The minimum Gasteiger partial charge on any atom is -0.378 e. The van der Waals surface area contributed by atoms with Crippen LogP contribution in [0.15, 0.2) is 54.6 Å². The molecule has 2 heterocycles. The number of aromatic nitrogens is 2. The number of carbonyl (C=O) groups excluding carboxylic acids is 1. The molecule has 1 aliphatic heterocycles. The van der Waals surface area contributed by atoms with Gasteiger partial charge < -0.3 is 15.0 Å². The smallest absolute Gasteiger partial charge is 0.254 e.